The average Bonchev–Trinajstić information content (AvgIpc) is 2.66. The highest BCUT2D eigenvalue weighted by Gasteiger charge is 2.11. The lowest BCUT2D eigenvalue weighted by Gasteiger charge is -2.13. The molecular formula is C20H27IN4O3S. The van der Waals surface area contributed by atoms with Crippen LogP contribution in [0.5, 0.6) is 0 Å². The number of benzene rings is 2. The number of nitrogens with zero attached hydrogens (tertiary/aromatic N) is 1. The Morgan fingerprint density at radius 1 is 0.966 bits per heavy atom. The van der Waals surface area contributed by atoms with Crippen LogP contribution in [-0.4, -0.2) is 40.1 Å². The van der Waals surface area contributed by atoms with Gasteiger partial charge >= 0.3 is 0 Å². The minimum absolute atomic E-state index is 0. The number of guanidine groups is 1. The fourth-order valence-electron chi connectivity index (χ4n) is 2.67. The maximum atomic E-state index is 12.0. The Morgan fingerprint density at radius 3 is 2.21 bits per heavy atom. The molecule has 2 aromatic rings. The highest BCUT2D eigenvalue weighted by atomic mass is 127. The summed E-state index contributed by atoms with van der Waals surface area (Å²) >= 11 is 0. The lowest BCUT2D eigenvalue weighted by atomic mass is 10.1. The molecule has 2 rings (SSSR count). The van der Waals surface area contributed by atoms with Gasteiger partial charge < -0.3 is 16.0 Å². The minimum atomic E-state index is -3.23. The Kier molecular flexibility index (Phi) is 10.1. The van der Waals surface area contributed by atoms with Gasteiger partial charge in [-0.05, 0) is 29.7 Å². The zero-order valence-corrected chi connectivity index (χ0v) is 19.9. The highest BCUT2D eigenvalue weighted by Crippen LogP contribution is 2.16. The summed E-state index contributed by atoms with van der Waals surface area (Å²) in [5, 5.41) is 8.91. The van der Waals surface area contributed by atoms with Crippen molar-refractivity contribution in [3.63, 3.8) is 0 Å². The molecule has 0 heterocycles. The van der Waals surface area contributed by atoms with Crippen molar-refractivity contribution in [3.8, 4) is 0 Å². The van der Waals surface area contributed by atoms with E-state index in [2.05, 4.69) is 20.9 Å². The zero-order chi connectivity index (χ0) is 20.6. The summed E-state index contributed by atoms with van der Waals surface area (Å²) in [6.45, 7) is 2.79. The molecule has 0 aliphatic carbocycles. The Hall–Kier alpha value is -2.14. The molecule has 0 fully saturated rings. The molecule has 0 saturated carbocycles. The van der Waals surface area contributed by atoms with Crippen LogP contribution in [0.4, 0.5) is 0 Å². The van der Waals surface area contributed by atoms with Gasteiger partial charge in [-0.3, -0.25) is 9.79 Å². The lowest BCUT2D eigenvalue weighted by molar-refractivity contribution is -0.120. The zero-order valence-electron chi connectivity index (χ0n) is 16.7. The third kappa shape index (κ3) is 8.40. The molecule has 0 radical (unpaired) electrons. The first kappa shape index (κ1) is 24.9. The van der Waals surface area contributed by atoms with Gasteiger partial charge in [-0.25, -0.2) is 8.42 Å². The van der Waals surface area contributed by atoms with Crippen LogP contribution in [0.3, 0.4) is 0 Å². The highest BCUT2D eigenvalue weighted by molar-refractivity contribution is 14.0. The maximum absolute atomic E-state index is 12.0. The van der Waals surface area contributed by atoms with Gasteiger partial charge in [0, 0.05) is 26.4 Å². The van der Waals surface area contributed by atoms with Gasteiger partial charge in [0.05, 0.1) is 11.4 Å². The summed E-state index contributed by atoms with van der Waals surface area (Å²) in [4.78, 5) is 16.4. The van der Waals surface area contributed by atoms with Crippen molar-refractivity contribution in [3.05, 3.63) is 65.2 Å². The van der Waals surface area contributed by atoms with Crippen molar-refractivity contribution in [2.45, 2.75) is 24.9 Å². The molecule has 0 unspecified atom stereocenters. The van der Waals surface area contributed by atoms with Crippen molar-refractivity contribution >= 4 is 45.7 Å². The number of hydrogen-bond donors (Lipinski definition) is 3. The van der Waals surface area contributed by atoms with Crippen LogP contribution in [0.2, 0.25) is 0 Å². The van der Waals surface area contributed by atoms with E-state index >= 15 is 0 Å². The van der Waals surface area contributed by atoms with Crippen LogP contribution in [0, 0.1) is 6.92 Å². The predicted molar refractivity (Wildman–Crippen MR) is 126 cm³/mol. The van der Waals surface area contributed by atoms with Crippen LogP contribution in [0.15, 0.2) is 58.4 Å². The fraction of sp³-hybridized carbons (Fsp3) is 0.300. The van der Waals surface area contributed by atoms with Crippen LogP contribution < -0.4 is 16.0 Å². The van der Waals surface area contributed by atoms with E-state index in [4.69, 9.17) is 0 Å². The lowest BCUT2D eigenvalue weighted by Crippen LogP contribution is -2.42. The van der Waals surface area contributed by atoms with Gasteiger partial charge in [0.15, 0.2) is 15.8 Å². The van der Waals surface area contributed by atoms with E-state index in [1.807, 2.05) is 36.4 Å². The number of rotatable bonds is 7. The quantitative estimate of drug-likeness (QED) is 0.289. The third-order valence-electron chi connectivity index (χ3n) is 4.07. The molecule has 0 saturated heterocycles. The fourth-order valence-corrected chi connectivity index (χ4v) is 3.63. The maximum Gasteiger partial charge on any atom is 0.239 e. The van der Waals surface area contributed by atoms with E-state index in [0.717, 1.165) is 11.1 Å². The second-order valence-electron chi connectivity index (χ2n) is 6.41. The topological polar surface area (TPSA) is 99.7 Å². The number of hydrogen-bond acceptors (Lipinski definition) is 4. The van der Waals surface area contributed by atoms with E-state index in [0.29, 0.717) is 29.5 Å². The van der Waals surface area contributed by atoms with E-state index in [9.17, 15) is 13.2 Å². The first-order valence-corrected chi connectivity index (χ1v) is 10.7. The number of carbonyl (C=O) groups is 1. The number of carbonyl (C=O) groups excluding carboxylic acids is 1. The van der Waals surface area contributed by atoms with Crippen molar-refractivity contribution in [2.75, 3.05) is 19.8 Å². The molecule has 0 aromatic heterocycles. The molecule has 0 bridgehead atoms. The van der Waals surface area contributed by atoms with Crippen molar-refractivity contribution < 1.29 is 13.2 Å². The second kappa shape index (κ2) is 11.8. The van der Waals surface area contributed by atoms with Crippen LogP contribution in [-0.2, 0) is 27.7 Å². The molecule has 29 heavy (non-hydrogen) atoms. The van der Waals surface area contributed by atoms with E-state index in [-0.39, 0.29) is 36.4 Å². The van der Waals surface area contributed by atoms with Crippen LogP contribution in [0.25, 0.3) is 0 Å². The first-order chi connectivity index (χ1) is 13.3. The molecule has 7 nitrogen and oxygen atoms in total. The van der Waals surface area contributed by atoms with E-state index < -0.39 is 9.84 Å². The normalized spacial score (nSPS) is 11.3. The summed E-state index contributed by atoms with van der Waals surface area (Å²) in [7, 11) is -1.61. The predicted octanol–water partition coefficient (Wildman–Crippen LogP) is 2.00. The summed E-state index contributed by atoms with van der Waals surface area (Å²) in [6.07, 6.45) is 1.20. The van der Waals surface area contributed by atoms with Crippen LogP contribution >= 0.6 is 24.0 Å². The van der Waals surface area contributed by atoms with Gasteiger partial charge in [-0.1, -0.05) is 42.5 Å². The van der Waals surface area contributed by atoms with Gasteiger partial charge in [0.25, 0.3) is 0 Å². The molecule has 158 valence electrons. The minimum Gasteiger partial charge on any atom is -0.352 e. The Morgan fingerprint density at radius 2 is 1.62 bits per heavy atom. The number of amides is 1. The Balaban J connectivity index is 0.00000420. The molecule has 1 amide bonds. The second-order valence-corrected chi connectivity index (χ2v) is 8.40. The van der Waals surface area contributed by atoms with Crippen molar-refractivity contribution in [1.29, 1.82) is 0 Å². The van der Waals surface area contributed by atoms with Crippen molar-refractivity contribution in [1.82, 2.24) is 16.0 Å². The molecule has 0 atom stereocenters. The van der Waals surface area contributed by atoms with Gasteiger partial charge in [0.1, 0.15) is 0 Å². The van der Waals surface area contributed by atoms with Crippen LogP contribution in [0.1, 0.15) is 16.7 Å². The smallest absolute Gasteiger partial charge is 0.239 e. The van der Waals surface area contributed by atoms with E-state index in [1.165, 1.54) is 6.26 Å². The number of aliphatic imine (C=N–C) groups is 1. The molecule has 0 aliphatic rings. The van der Waals surface area contributed by atoms with Gasteiger partial charge in [-0.2, -0.15) is 0 Å². The van der Waals surface area contributed by atoms with Gasteiger partial charge in [-0.15, -0.1) is 24.0 Å². The molecule has 0 aliphatic heterocycles. The summed E-state index contributed by atoms with van der Waals surface area (Å²) < 4.78 is 23.4. The third-order valence-corrected chi connectivity index (χ3v) is 5.33. The largest absolute Gasteiger partial charge is 0.352 e. The molecule has 0 spiro atoms. The first-order valence-electron chi connectivity index (χ1n) is 8.84. The SMILES string of the molecule is CN=C(NCC(=O)NCc1ccccc1)NCc1ccc(S(C)(=O)=O)c(C)c1.I. The number of halogens is 1. The number of nitrogens with one attached hydrogen (secondary N) is 3. The number of aryl methyl sites for hydroxylation is 1. The standard InChI is InChI=1S/C20H26N4O3S.HI/c1-15-11-17(9-10-18(15)28(3,26)27)13-23-20(21-2)24-14-19(25)22-12-16-7-5-4-6-8-16;/h4-11H,12-14H2,1-3H3,(H,22,25)(H2,21,23,24);1H. The summed E-state index contributed by atoms with van der Waals surface area (Å²) in [6, 6.07) is 14.9. The molecule has 9 heteroatoms. The summed E-state index contributed by atoms with van der Waals surface area (Å²) in [5.41, 5.74) is 2.65. The number of sulfone groups is 1. The Labute approximate surface area is 189 Å². The summed E-state index contributed by atoms with van der Waals surface area (Å²) in [5.74, 6) is 0.347. The molecular weight excluding hydrogens is 503 g/mol. The molecule has 2 aromatic carbocycles. The monoisotopic (exact) mass is 530 g/mol. The molecule has 3 N–H and O–H groups in total. The average molecular weight is 530 g/mol. The Bertz CT molecular complexity index is 947. The van der Waals surface area contributed by atoms with Crippen molar-refractivity contribution in [2.24, 2.45) is 4.99 Å². The van der Waals surface area contributed by atoms with E-state index in [1.54, 1.807) is 26.1 Å². The van der Waals surface area contributed by atoms with Gasteiger partial charge in [0.2, 0.25) is 5.91 Å².